The molecule has 1 aromatic heterocycles. The van der Waals surface area contributed by atoms with E-state index in [0.717, 1.165) is 0 Å². The fourth-order valence-electron chi connectivity index (χ4n) is 2.52. The van der Waals surface area contributed by atoms with Crippen molar-refractivity contribution >= 4 is 22.6 Å². The number of hydrogen-bond acceptors (Lipinski definition) is 6. The Morgan fingerprint density at radius 2 is 1.85 bits per heavy atom. The zero-order chi connectivity index (χ0) is 19.2. The van der Waals surface area contributed by atoms with Crippen LogP contribution in [0.3, 0.4) is 0 Å². The predicted octanol–water partition coefficient (Wildman–Crippen LogP) is 3.08. The highest BCUT2D eigenvalue weighted by Crippen LogP contribution is 2.30. The van der Waals surface area contributed by atoms with Gasteiger partial charge in [0.1, 0.15) is 17.8 Å². The van der Waals surface area contributed by atoms with Crippen LogP contribution in [-0.4, -0.2) is 33.3 Å². The number of para-hydroxylation sites is 1. The minimum atomic E-state index is -0.698. The SMILES string of the molecule is COCCOc1cc(NC(=O)c2cc3ccccc3oc2=O)ccc1OC. The Morgan fingerprint density at radius 3 is 2.63 bits per heavy atom. The van der Waals surface area contributed by atoms with Crippen LogP contribution >= 0.6 is 0 Å². The summed E-state index contributed by atoms with van der Waals surface area (Å²) in [4.78, 5) is 24.7. The highest BCUT2D eigenvalue weighted by atomic mass is 16.5. The number of carbonyl (C=O) groups excluding carboxylic acids is 1. The molecule has 0 aliphatic carbocycles. The minimum Gasteiger partial charge on any atom is -0.493 e. The lowest BCUT2D eigenvalue weighted by Gasteiger charge is -2.12. The van der Waals surface area contributed by atoms with Crippen molar-refractivity contribution in [2.24, 2.45) is 0 Å². The van der Waals surface area contributed by atoms with Gasteiger partial charge in [0.2, 0.25) is 0 Å². The van der Waals surface area contributed by atoms with Gasteiger partial charge < -0.3 is 23.9 Å². The van der Waals surface area contributed by atoms with Gasteiger partial charge in [-0.3, -0.25) is 4.79 Å². The van der Waals surface area contributed by atoms with E-state index in [-0.39, 0.29) is 5.56 Å². The molecule has 2 aromatic carbocycles. The van der Waals surface area contributed by atoms with Gasteiger partial charge in [0.05, 0.1) is 13.7 Å². The van der Waals surface area contributed by atoms with E-state index in [2.05, 4.69) is 5.32 Å². The molecule has 1 N–H and O–H groups in total. The number of rotatable bonds is 7. The molecular formula is C20H19NO6. The van der Waals surface area contributed by atoms with Crippen LogP contribution in [0.1, 0.15) is 10.4 Å². The number of ether oxygens (including phenoxy) is 3. The van der Waals surface area contributed by atoms with Gasteiger partial charge in [0.15, 0.2) is 11.5 Å². The van der Waals surface area contributed by atoms with Crippen molar-refractivity contribution in [2.45, 2.75) is 0 Å². The van der Waals surface area contributed by atoms with E-state index in [9.17, 15) is 9.59 Å². The van der Waals surface area contributed by atoms with Crippen LogP contribution in [0.2, 0.25) is 0 Å². The van der Waals surface area contributed by atoms with Gasteiger partial charge in [0, 0.05) is 24.2 Å². The molecule has 140 valence electrons. The Morgan fingerprint density at radius 1 is 1.04 bits per heavy atom. The normalized spacial score (nSPS) is 10.6. The van der Waals surface area contributed by atoms with Crippen LogP contribution in [-0.2, 0) is 4.74 Å². The summed E-state index contributed by atoms with van der Waals surface area (Å²) < 4.78 is 21.0. The van der Waals surface area contributed by atoms with Crippen LogP contribution in [0.4, 0.5) is 5.69 Å². The highest BCUT2D eigenvalue weighted by Gasteiger charge is 2.15. The Labute approximate surface area is 155 Å². The quantitative estimate of drug-likeness (QED) is 0.509. The third-order valence-corrected chi connectivity index (χ3v) is 3.85. The van der Waals surface area contributed by atoms with Crippen LogP contribution in [0.25, 0.3) is 11.0 Å². The maximum atomic E-state index is 12.5. The summed E-state index contributed by atoms with van der Waals surface area (Å²) >= 11 is 0. The summed E-state index contributed by atoms with van der Waals surface area (Å²) in [5.74, 6) is 0.412. The third-order valence-electron chi connectivity index (χ3n) is 3.85. The Kier molecular flexibility index (Phi) is 5.73. The first-order chi connectivity index (χ1) is 13.1. The van der Waals surface area contributed by atoms with E-state index in [0.29, 0.717) is 41.4 Å². The smallest absolute Gasteiger partial charge is 0.349 e. The summed E-state index contributed by atoms with van der Waals surface area (Å²) in [6.07, 6.45) is 0. The Balaban J connectivity index is 1.84. The molecule has 0 atom stereocenters. The average molecular weight is 369 g/mol. The van der Waals surface area contributed by atoms with Gasteiger partial charge in [-0.15, -0.1) is 0 Å². The summed E-state index contributed by atoms with van der Waals surface area (Å²) in [6.45, 7) is 0.746. The largest absolute Gasteiger partial charge is 0.493 e. The van der Waals surface area contributed by atoms with Crippen molar-refractivity contribution in [3.8, 4) is 11.5 Å². The molecule has 1 heterocycles. The number of anilines is 1. The average Bonchev–Trinajstić information content (AvgIpc) is 2.68. The molecule has 0 saturated heterocycles. The van der Waals surface area contributed by atoms with Crippen molar-refractivity contribution < 1.29 is 23.4 Å². The Bertz CT molecular complexity index is 1010. The standard InChI is InChI=1S/C20H19NO6/c1-24-9-10-26-18-12-14(7-8-17(18)25-2)21-19(22)15-11-13-5-3-4-6-16(13)27-20(15)23/h3-8,11-12H,9-10H2,1-2H3,(H,21,22). The number of amides is 1. The molecule has 1 amide bonds. The molecule has 0 aliphatic heterocycles. The second-order valence-electron chi connectivity index (χ2n) is 5.65. The zero-order valence-corrected chi connectivity index (χ0v) is 15.0. The monoisotopic (exact) mass is 369 g/mol. The van der Waals surface area contributed by atoms with Crippen LogP contribution < -0.4 is 20.4 Å². The fraction of sp³-hybridized carbons (Fsp3) is 0.200. The third kappa shape index (κ3) is 4.27. The van der Waals surface area contributed by atoms with Gasteiger partial charge in [-0.1, -0.05) is 18.2 Å². The van der Waals surface area contributed by atoms with Crippen molar-refractivity contribution in [2.75, 3.05) is 32.8 Å². The molecule has 0 aliphatic rings. The molecule has 3 aromatic rings. The van der Waals surface area contributed by atoms with Gasteiger partial charge >= 0.3 is 5.63 Å². The zero-order valence-electron chi connectivity index (χ0n) is 15.0. The van der Waals surface area contributed by atoms with Crippen molar-refractivity contribution in [3.63, 3.8) is 0 Å². The first kappa shape index (κ1) is 18.5. The molecule has 0 fully saturated rings. The molecular weight excluding hydrogens is 350 g/mol. The molecule has 7 heteroatoms. The van der Waals surface area contributed by atoms with Gasteiger partial charge in [-0.05, 0) is 24.3 Å². The molecule has 0 bridgehead atoms. The van der Waals surface area contributed by atoms with E-state index in [1.807, 2.05) is 0 Å². The molecule has 0 unspecified atom stereocenters. The van der Waals surface area contributed by atoms with E-state index >= 15 is 0 Å². The first-order valence-corrected chi connectivity index (χ1v) is 8.26. The first-order valence-electron chi connectivity index (χ1n) is 8.26. The summed E-state index contributed by atoms with van der Waals surface area (Å²) in [5, 5.41) is 3.35. The number of hydrogen-bond donors (Lipinski definition) is 1. The predicted molar refractivity (Wildman–Crippen MR) is 101 cm³/mol. The summed E-state index contributed by atoms with van der Waals surface area (Å²) in [6, 6.07) is 13.5. The lowest BCUT2D eigenvalue weighted by atomic mass is 10.1. The summed E-state index contributed by atoms with van der Waals surface area (Å²) in [5.41, 5.74) is 0.112. The Hall–Kier alpha value is -3.32. The van der Waals surface area contributed by atoms with E-state index in [4.69, 9.17) is 18.6 Å². The van der Waals surface area contributed by atoms with E-state index in [1.54, 1.807) is 49.6 Å². The van der Waals surface area contributed by atoms with E-state index < -0.39 is 11.5 Å². The number of fused-ring (bicyclic) bond motifs is 1. The van der Waals surface area contributed by atoms with Crippen LogP contribution in [0.15, 0.2) is 57.7 Å². The van der Waals surface area contributed by atoms with E-state index in [1.165, 1.54) is 13.2 Å². The summed E-state index contributed by atoms with van der Waals surface area (Å²) in [7, 11) is 3.10. The second kappa shape index (κ2) is 8.37. The minimum absolute atomic E-state index is 0.0774. The van der Waals surface area contributed by atoms with Gasteiger partial charge in [-0.2, -0.15) is 0 Å². The number of carbonyl (C=O) groups is 1. The lowest BCUT2D eigenvalue weighted by molar-refractivity contribution is 0.102. The van der Waals surface area contributed by atoms with Crippen molar-refractivity contribution in [1.82, 2.24) is 0 Å². The van der Waals surface area contributed by atoms with Gasteiger partial charge in [0.25, 0.3) is 5.91 Å². The molecule has 3 rings (SSSR count). The fourth-order valence-corrected chi connectivity index (χ4v) is 2.52. The number of benzene rings is 2. The molecule has 27 heavy (non-hydrogen) atoms. The van der Waals surface area contributed by atoms with Gasteiger partial charge in [-0.25, -0.2) is 4.79 Å². The number of nitrogens with one attached hydrogen (secondary N) is 1. The topological polar surface area (TPSA) is 87.0 Å². The molecule has 7 nitrogen and oxygen atoms in total. The molecule has 0 spiro atoms. The van der Waals surface area contributed by atoms with Crippen molar-refractivity contribution in [1.29, 1.82) is 0 Å². The van der Waals surface area contributed by atoms with Crippen LogP contribution in [0.5, 0.6) is 11.5 Å². The maximum Gasteiger partial charge on any atom is 0.349 e. The highest BCUT2D eigenvalue weighted by molar-refractivity contribution is 6.05. The number of methoxy groups -OCH3 is 2. The molecule has 0 radical (unpaired) electrons. The van der Waals surface area contributed by atoms with Crippen LogP contribution in [0, 0.1) is 0 Å². The maximum absolute atomic E-state index is 12.5. The molecule has 0 saturated carbocycles. The lowest BCUT2D eigenvalue weighted by Crippen LogP contribution is -2.20. The second-order valence-corrected chi connectivity index (χ2v) is 5.65. The van der Waals surface area contributed by atoms with Crippen molar-refractivity contribution in [3.05, 3.63) is 64.5 Å².